The molecule has 0 unspecified atom stereocenters. The minimum Gasteiger partial charge on any atom is -0.493 e. The summed E-state index contributed by atoms with van der Waals surface area (Å²) in [5, 5.41) is 0. The van der Waals surface area contributed by atoms with Crippen molar-refractivity contribution in [3.05, 3.63) is 17.7 Å². The minimum atomic E-state index is -3.73. The molecule has 8 nitrogen and oxygen atoms in total. The number of benzene rings is 1. The van der Waals surface area contributed by atoms with Crippen LogP contribution in [0.4, 0.5) is 0 Å². The predicted octanol–water partition coefficient (Wildman–Crippen LogP) is 1.68. The molecule has 9 heteroatoms. The van der Waals surface area contributed by atoms with Gasteiger partial charge >= 0.3 is 5.97 Å². The van der Waals surface area contributed by atoms with Gasteiger partial charge < -0.3 is 18.9 Å². The highest BCUT2D eigenvalue weighted by Crippen LogP contribution is 2.41. The summed E-state index contributed by atoms with van der Waals surface area (Å²) < 4.78 is 48.7. The molecule has 0 radical (unpaired) electrons. The maximum atomic E-state index is 11.4. The van der Waals surface area contributed by atoms with E-state index in [2.05, 4.69) is 0 Å². The first-order valence-electron chi connectivity index (χ1n) is 6.98. The molecule has 0 aliphatic carbocycles. The fourth-order valence-corrected chi connectivity index (χ4v) is 2.86. The van der Waals surface area contributed by atoms with Crippen LogP contribution < -0.4 is 14.2 Å². The molecular weight excluding hydrogens is 340 g/mol. The number of carbonyl (C=O) groups excluding carboxylic acids is 1. The first-order chi connectivity index (χ1) is 11.1. The number of hydrogen-bond donors (Lipinski definition) is 0. The van der Waals surface area contributed by atoms with Crippen molar-refractivity contribution in [1.82, 2.24) is 0 Å². The fraction of sp³-hybridized carbons (Fsp3) is 0.533. The van der Waals surface area contributed by atoms with Gasteiger partial charge in [-0.05, 0) is 19.1 Å². The molecule has 0 spiro atoms. The lowest BCUT2D eigenvalue weighted by atomic mass is 10.0. The molecule has 0 aliphatic rings. The summed E-state index contributed by atoms with van der Waals surface area (Å²) in [5.74, 6) is 0.464. The van der Waals surface area contributed by atoms with Crippen LogP contribution in [0.25, 0.3) is 0 Å². The highest BCUT2D eigenvalue weighted by molar-refractivity contribution is 7.86. The predicted molar refractivity (Wildman–Crippen MR) is 86.0 cm³/mol. The summed E-state index contributed by atoms with van der Waals surface area (Å²) in [6, 6.07) is 3.13. The van der Waals surface area contributed by atoms with Crippen LogP contribution in [-0.2, 0) is 23.8 Å². The average Bonchev–Trinajstić information content (AvgIpc) is 2.49. The molecule has 0 fully saturated rings. The van der Waals surface area contributed by atoms with Gasteiger partial charge in [0.05, 0.1) is 27.6 Å². The SMILES string of the molecule is COc1cc([C@H](OC(C)=O)[C@@H](C)OS(C)(=O)=O)cc(OC)c1OC. The molecule has 24 heavy (non-hydrogen) atoms. The van der Waals surface area contributed by atoms with Crippen LogP contribution in [0.1, 0.15) is 25.5 Å². The van der Waals surface area contributed by atoms with Crippen LogP contribution in [0, 0.1) is 0 Å². The average molecular weight is 362 g/mol. The van der Waals surface area contributed by atoms with Gasteiger partial charge in [-0.1, -0.05) is 0 Å². The van der Waals surface area contributed by atoms with Gasteiger partial charge in [-0.2, -0.15) is 8.42 Å². The molecule has 0 heterocycles. The van der Waals surface area contributed by atoms with E-state index in [1.54, 1.807) is 12.1 Å². The molecule has 1 aromatic carbocycles. The van der Waals surface area contributed by atoms with Gasteiger partial charge in [0, 0.05) is 12.5 Å². The van der Waals surface area contributed by atoms with Crippen LogP contribution >= 0.6 is 0 Å². The van der Waals surface area contributed by atoms with Crippen molar-refractivity contribution < 1.29 is 36.3 Å². The van der Waals surface area contributed by atoms with E-state index in [1.807, 2.05) is 0 Å². The van der Waals surface area contributed by atoms with Crippen molar-refractivity contribution in [1.29, 1.82) is 0 Å². The van der Waals surface area contributed by atoms with Gasteiger partial charge in [0.15, 0.2) is 17.6 Å². The fourth-order valence-electron chi connectivity index (χ4n) is 2.21. The van der Waals surface area contributed by atoms with Crippen LogP contribution in [0.15, 0.2) is 12.1 Å². The second-order valence-electron chi connectivity index (χ2n) is 4.99. The van der Waals surface area contributed by atoms with E-state index in [1.165, 1.54) is 35.2 Å². The number of methoxy groups -OCH3 is 3. The molecule has 0 aliphatic heterocycles. The largest absolute Gasteiger partial charge is 0.493 e. The third kappa shape index (κ3) is 5.27. The molecule has 0 bridgehead atoms. The summed E-state index contributed by atoms with van der Waals surface area (Å²) in [6.07, 6.45) is -1.01. The molecule has 1 rings (SSSR count). The molecule has 136 valence electrons. The third-order valence-corrected chi connectivity index (χ3v) is 3.71. The number of esters is 1. The monoisotopic (exact) mass is 362 g/mol. The molecule has 0 aromatic heterocycles. The van der Waals surface area contributed by atoms with Crippen molar-refractivity contribution >= 4 is 16.1 Å². The zero-order chi connectivity index (χ0) is 18.5. The Bertz CT molecular complexity index is 658. The van der Waals surface area contributed by atoms with Crippen molar-refractivity contribution in [2.75, 3.05) is 27.6 Å². The standard InChI is InChI=1S/C15H22O8S/c1-9(23-24(6,17)18)14(22-10(2)16)11-7-12(19-3)15(21-5)13(8-11)20-4/h7-9,14H,1-6H3/t9-,14-/m1/s1. The van der Waals surface area contributed by atoms with Gasteiger partial charge in [0.1, 0.15) is 6.10 Å². The summed E-state index contributed by atoms with van der Waals surface area (Å²) in [5.41, 5.74) is 0.441. The highest BCUT2D eigenvalue weighted by Gasteiger charge is 2.29. The Balaban J connectivity index is 3.39. The maximum absolute atomic E-state index is 11.4. The van der Waals surface area contributed by atoms with E-state index in [9.17, 15) is 13.2 Å². The number of carbonyl (C=O) groups is 1. The lowest BCUT2D eigenvalue weighted by Crippen LogP contribution is -2.26. The Hall–Kier alpha value is -2.00. The summed E-state index contributed by atoms with van der Waals surface area (Å²) >= 11 is 0. The number of hydrogen-bond acceptors (Lipinski definition) is 8. The van der Waals surface area contributed by atoms with Crippen molar-refractivity contribution in [2.24, 2.45) is 0 Å². The molecule has 1 aromatic rings. The van der Waals surface area contributed by atoms with Gasteiger partial charge in [0.25, 0.3) is 10.1 Å². The minimum absolute atomic E-state index is 0.343. The molecule has 0 saturated heterocycles. The van der Waals surface area contributed by atoms with E-state index in [0.29, 0.717) is 22.8 Å². The Morgan fingerprint density at radius 2 is 1.54 bits per heavy atom. The normalized spacial score (nSPS) is 13.8. The van der Waals surface area contributed by atoms with E-state index in [4.69, 9.17) is 23.1 Å². The quantitative estimate of drug-likeness (QED) is 0.509. The molecule has 0 saturated carbocycles. The van der Waals surface area contributed by atoms with Gasteiger partial charge in [0.2, 0.25) is 5.75 Å². The van der Waals surface area contributed by atoms with E-state index >= 15 is 0 Å². The number of rotatable bonds is 8. The summed E-state index contributed by atoms with van der Waals surface area (Å²) in [4.78, 5) is 11.4. The second-order valence-corrected chi connectivity index (χ2v) is 6.59. The third-order valence-electron chi connectivity index (χ3n) is 3.06. The van der Waals surface area contributed by atoms with Gasteiger partial charge in [-0.15, -0.1) is 0 Å². The molecule has 0 N–H and O–H groups in total. The van der Waals surface area contributed by atoms with Crippen molar-refractivity contribution in [3.63, 3.8) is 0 Å². The van der Waals surface area contributed by atoms with Crippen LogP contribution in [-0.4, -0.2) is 48.1 Å². The van der Waals surface area contributed by atoms with Crippen LogP contribution in [0.3, 0.4) is 0 Å². The highest BCUT2D eigenvalue weighted by atomic mass is 32.2. The Kier molecular flexibility index (Phi) is 6.85. The van der Waals surface area contributed by atoms with Crippen molar-refractivity contribution in [3.8, 4) is 17.2 Å². The number of ether oxygens (including phenoxy) is 4. The molecule has 2 atom stereocenters. The smallest absolute Gasteiger partial charge is 0.303 e. The zero-order valence-corrected chi connectivity index (χ0v) is 15.3. The Morgan fingerprint density at radius 1 is 1.04 bits per heavy atom. The summed E-state index contributed by atoms with van der Waals surface area (Å²) in [7, 11) is 0.608. The van der Waals surface area contributed by atoms with Crippen molar-refractivity contribution in [2.45, 2.75) is 26.1 Å². The van der Waals surface area contributed by atoms with E-state index in [0.717, 1.165) is 6.26 Å². The topological polar surface area (TPSA) is 97.4 Å². The second kappa shape index (κ2) is 8.20. The Morgan fingerprint density at radius 3 is 1.88 bits per heavy atom. The van der Waals surface area contributed by atoms with Gasteiger partial charge in [-0.25, -0.2) is 0 Å². The molecular formula is C15H22O8S. The van der Waals surface area contributed by atoms with E-state index in [-0.39, 0.29) is 0 Å². The van der Waals surface area contributed by atoms with Gasteiger partial charge in [-0.3, -0.25) is 8.98 Å². The van der Waals surface area contributed by atoms with Crippen LogP contribution in [0.5, 0.6) is 17.2 Å². The van der Waals surface area contributed by atoms with Crippen LogP contribution in [0.2, 0.25) is 0 Å². The van der Waals surface area contributed by atoms with E-state index < -0.39 is 28.3 Å². The lowest BCUT2D eigenvalue weighted by molar-refractivity contribution is -0.151. The Labute approximate surface area is 141 Å². The molecule has 0 amide bonds. The summed E-state index contributed by atoms with van der Waals surface area (Å²) in [6.45, 7) is 2.70. The first-order valence-corrected chi connectivity index (χ1v) is 8.80. The zero-order valence-electron chi connectivity index (χ0n) is 14.5. The maximum Gasteiger partial charge on any atom is 0.303 e. The lowest BCUT2D eigenvalue weighted by Gasteiger charge is -2.24. The first kappa shape index (κ1) is 20.0.